The van der Waals surface area contributed by atoms with Crippen LogP contribution in [0.2, 0.25) is 0 Å². The smallest absolute Gasteiger partial charge is 0.319 e. The highest BCUT2D eigenvalue weighted by atomic mass is 16.5. The van der Waals surface area contributed by atoms with Gasteiger partial charge < -0.3 is 24.8 Å². The molecule has 0 aliphatic rings. The van der Waals surface area contributed by atoms with Gasteiger partial charge in [0.1, 0.15) is 0 Å². The Balaban J connectivity index is 1.99. The lowest BCUT2D eigenvalue weighted by Gasteiger charge is -2.15. The second-order valence-electron chi connectivity index (χ2n) is 6.44. The number of methoxy groups -OCH3 is 3. The van der Waals surface area contributed by atoms with Crippen molar-refractivity contribution >= 4 is 11.7 Å². The predicted octanol–water partition coefficient (Wildman–Crippen LogP) is 4.00. The Bertz CT molecular complexity index is 770. The third kappa shape index (κ3) is 5.06. The molecular formula is C21H28N2O4. The van der Waals surface area contributed by atoms with Gasteiger partial charge in [-0.2, -0.15) is 0 Å². The van der Waals surface area contributed by atoms with E-state index in [9.17, 15) is 4.79 Å². The lowest BCUT2D eigenvalue weighted by molar-refractivity contribution is 0.252. The van der Waals surface area contributed by atoms with Crippen molar-refractivity contribution in [3.05, 3.63) is 46.5 Å². The van der Waals surface area contributed by atoms with E-state index in [1.165, 1.54) is 5.56 Å². The molecule has 2 amide bonds. The van der Waals surface area contributed by atoms with Crippen LogP contribution >= 0.6 is 0 Å². The van der Waals surface area contributed by atoms with Crippen LogP contribution in [0.5, 0.6) is 17.2 Å². The number of aryl methyl sites for hydroxylation is 3. The topological polar surface area (TPSA) is 68.8 Å². The first kappa shape index (κ1) is 20.4. The fraction of sp³-hybridized carbons (Fsp3) is 0.381. The minimum atomic E-state index is -0.225. The summed E-state index contributed by atoms with van der Waals surface area (Å²) in [6.45, 7) is 6.51. The van der Waals surface area contributed by atoms with Crippen LogP contribution in [-0.2, 0) is 6.42 Å². The van der Waals surface area contributed by atoms with E-state index < -0.39 is 0 Å². The molecule has 2 N–H and O–H groups in total. The van der Waals surface area contributed by atoms with Gasteiger partial charge in [-0.25, -0.2) is 4.79 Å². The Morgan fingerprint density at radius 2 is 1.44 bits per heavy atom. The summed E-state index contributed by atoms with van der Waals surface area (Å²) in [5, 5.41) is 5.83. The SMILES string of the molecule is COc1cc(CCNC(=O)Nc2c(C)cc(C)cc2C)cc(OC)c1OC. The van der Waals surface area contributed by atoms with Crippen LogP contribution in [0.15, 0.2) is 24.3 Å². The maximum atomic E-state index is 12.2. The number of carbonyl (C=O) groups is 1. The van der Waals surface area contributed by atoms with Gasteiger partial charge in [-0.05, 0) is 56.0 Å². The van der Waals surface area contributed by atoms with E-state index in [0.29, 0.717) is 30.2 Å². The highest BCUT2D eigenvalue weighted by molar-refractivity contribution is 5.91. The molecule has 0 saturated heterocycles. The molecule has 0 radical (unpaired) electrons. The zero-order valence-corrected chi connectivity index (χ0v) is 16.9. The molecule has 0 aliphatic heterocycles. The van der Waals surface area contributed by atoms with Gasteiger partial charge in [0.2, 0.25) is 5.75 Å². The maximum Gasteiger partial charge on any atom is 0.319 e. The van der Waals surface area contributed by atoms with Crippen molar-refractivity contribution in [2.75, 3.05) is 33.2 Å². The number of ether oxygens (including phenoxy) is 3. The summed E-state index contributed by atoms with van der Waals surface area (Å²) in [5.74, 6) is 1.75. The minimum absolute atomic E-state index is 0.225. The molecule has 0 spiro atoms. The third-order valence-corrected chi connectivity index (χ3v) is 4.34. The van der Waals surface area contributed by atoms with Crippen molar-refractivity contribution in [3.63, 3.8) is 0 Å². The van der Waals surface area contributed by atoms with Gasteiger partial charge in [-0.3, -0.25) is 0 Å². The van der Waals surface area contributed by atoms with Gasteiger partial charge in [-0.15, -0.1) is 0 Å². The van der Waals surface area contributed by atoms with Crippen molar-refractivity contribution in [3.8, 4) is 17.2 Å². The number of hydrogen-bond acceptors (Lipinski definition) is 4. The molecule has 0 unspecified atom stereocenters. The maximum absolute atomic E-state index is 12.2. The molecule has 146 valence electrons. The Morgan fingerprint density at radius 3 is 1.93 bits per heavy atom. The summed E-state index contributed by atoms with van der Waals surface area (Å²) >= 11 is 0. The van der Waals surface area contributed by atoms with Crippen molar-refractivity contribution < 1.29 is 19.0 Å². The monoisotopic (exact) mass is 372 g/mol. The van der Waals surface area contributed by atoms with Gasteiger partial charge >= 0.3 is 6.03 Å². The first-order valence-corrected chi connectivity index (χ1v) is 8.81. The molecule has 0 aromatic heterocycles. The van der Waals surface area contributed by atoms with E-state index in [4.69, 9.17) is 14.2 Å². The number of urea groups is 1. The first-order valence-electron chi connectivity index (χ1n) is 8.81. The highest BCUT2D eigenvalue weighted by Crippen LogP contribution is 2.38. The second-order valence-corrected chi connectivity index (χ2v) is 6.44. The van der Waals surface area contributed by atoms with E-state index in [-0.39, 0.29) is 6.03 Å². The van der Waals surface area contributed by atoms with E-state index >= 15 is 0 Å². The van der Waals surface area contributed by atoms with Crippen molar-refractivity contribution in [1.29, 1.82) is 0 Å². The van der Waals surface area contributed by atoms with E-state index in [2.05, 4.69) is 22.8 Å². The van der Waals surface area contributed by atoms with E-state index in [0.717, 1.165) is 22.4 Å². The number of rotatable bonds is 7. The van der Waals surface area contributed by atoms with Crippen LogP contribution < -0.4 is 24.8 Å². The summed E-state index contributed by atoms with van der Waals surface area (Å²) in [7, 11) is 4.74. The Labute approximate surface area is 160 Å². The zero-order chi connectivity index (χ0) is 20.0. The Morgan fingerprint density at radius 1 is 0.889 bits per heavy atom. The summed E-state index contributed by atoms with van der Waals surface area (Å²) in [6.07, 6.45) is 0.635. The summed E-state index contributed by atoms with van der Waals surface area (Å²) < 4.78 is 16.0. The molecule has 27 heavy (non-hydrogen) atoms. The van der Waals surface area contributed by atoms with Crippen LogP contribution in [0, 0.1) is 20.8 Å². The zero-order valence-electron chi connectivity index (χ0n) is 16.9. The van der Waals surface area contributed by atoms with Crippen molar-refractivity contribution in [1.82, 2.24) is 5.32 Å². The molecule has 0 heterocycles. The normalized spacial score (nSPS) is 10.3. The Kier molecular flexibility index (Phi) is 6.93. The van der Waals surface area contributed by atoms with Gasteiger partial charge in [0, 0.05) is 12.2 Å². The lowest BCUT2D eigenvalue weighted by Crippen LogP contribution is -2.31. The largest absolute Gasteiger partial charge is 0.493 e. The number of amides is 2. The molecule has 6 nitrogen and oxygen atoms in total. The number of hydrogen-bond donors (Lipinski definition) is 2. The fourth-order valence-corrected chi connectivity index (χ4v) is 3.14. The fourth-order valence-electron chi connectivity index (χ4n) is 3.14. The quantitative estimate of drug-likeness (QED) is 0.771. The van der Waals surface area contributed by atoms with Crippen molar-refractivity contribution in [2.24, 2.45) is 0 Å². The third-order valence-electron chi connectivity index (χ3n) is 4.34. The van der Waals surface area contributed by atoms with Gasteiger partial charge in [0.15, 0.2) is 11.5 Å². The van der Waals surface area contributed by atoms with Gasteiger partial charge in [0.25, 0.3) is 0 Å². The average molecular weight is 372 g/mol. The van der Waals surface area contributed by atoms with Crippen LogP contribution in [0.4, 0.5) is 10.5 Å². The van der Waals surface area contributed by atoms with Crippen LogP contribution in [0.3, 0.4) is 0 Å². The van der Waals surface area contributed by atoms with E-state index in [1.54, 1.807) is 21.3 Å². The molecule has 0 atom stereocenters. The number of nitrogens with one attached hydrogen (secondary N) is 2. The first-order chi connectivity index (χ1) is 12.9. The highest BCUT2D eigenvalue weighted by Gasteiger charge is 2.13. The molecule has 0 aliphatic carbocycles. The predicted molar refractivity (Wildman–Crippen MR) is 107 cm³/mol. The van der Waals surface area contributed by atoms with Crippen molar-refractivity contribution in [2.45, 2.75) is 27.2 Å². The molecule has 2 rings (SSSR count). The number of benzene rings is 2. The molecule has 0 fully saturated rings. The van der Waals surface area contributed by atoms with Crippen LogP contribution in [-0.4, -0.2) is 33.9 Å². The second kappa shape index (κ2) is 9.16. The van der Waals surface area contributed by atoms with E-state index in [1.807, 2.05) is 32.9 Å². The molecule has 2 aromatic rings. The number of carbonyl (C=O) groups excluding carboxylic acids is 1. The Hall–Kier alpha value is -2.89. The lowest BCUT2D eigenvalue weighted by atomic mass is 10.1. The molecule has 6 heteroatoms. The minimum Gasteiger partial charge on any atom is -0.493 e. The van der Waals surface area contributed by atoms with Gasteiger partial charge in [-0.1, -0.05) is 17.7 Å². The standard InChI is InChI=1S/C21H28N2O4/c1-13-9-14(2)19(15(3)10-13)23-21(24)22-8-7-16-11-17(25-4)20(27-6)18(12-16)26-5/h9-12H,7-8H2,1-6H3,(H2,22,23,24). The molecular weight excluding hydrogens is 344 g/mol. The van der Waals surface area contributed by atoms with Gasteiger partial charge in [0.05, 0.1) is 21.3 Å². The molecule has 2 aromatic carbocycles. The molecule has 0 bridgehead atoms. The van der Waals surface area contributed by atoms with Crippen LogP contribution in [0.25, 0.3) is 0 Å². The summed E-state index contributed by atoms with van der Waals surface area (Å²) in [5.41, 5.74) is 5.11. The van der Waals surface area contributed by atoms with Crippen LogP contribution in [0.1, 0.15) is 22.3 Å². The molecule has 0 saturated carbocycles. The summed E-state index contributed by atoms with van der Waals surface area (Å²) in [6, 6.07) is 7.65. The number of anilines is 1. The summed E-state index contributed by atoms with van der Waals surface area (Å²) in [4.78, 5) is 12.2. The average Bonchev–Trinajstić information content (AvgIpc) is 2.63.